The summed E-state index contributed by atoms with van der Waals surface area (Å²) in [7, 11) is 0. The monoisotopic (exact) mass is 206 g/mol. The van der Waals surface area contributed by atoms with Crippen molar-refractivity contribution in [1.29, 1.82) is 0 Å². The highest BCUT2D eigenvalue weighted by Crippen LogP contribution is 2.23. The van der Waals surface area contributed by atoms with Crippen LogP contribution in [0.5, 0.6) is 0 Å². The summed E-state index contributed by atoms with van der Waals surface area (Å²) in [5.41, 5.74) is 7.80. The van der Waals surface area contributed by atoms with Gasteiger partial charge in [-0.1, -0.05) is 6.07 Å². The Morgan fingerprint density at radius 3 is 2.93 bits per heavy atom. The summed E-state index contributed by atoms with van der Waals surface area (Å²) in [5.74, 6) is 0. The molecule has 1 aliphatic rings. The number of morpholine rings is 1. The SMILES string of the molecule is CC1CN(c2cccc(N)c2)C(C)CO1. The molecule has 0 spiro atoms. The minimum absolute atomic E-state index is 0.294. The Hall–Kier alpha value is -1.22. The second kappa shape index (κ2) is 4.11. The van der Waals surface area contributed by atoms with Crippen molar-refractivity contribution in [3.8, 4) is 0 Å². The van der Waals surface area contributed by atoms with Crippen molar-refractivity contribution in [2.45, 2.75) is 26.0 Å². The van der Waals surface area contributed by atoms with Crippen LogP contribution in [-0.4, -0.2) is 25.3 Å². The molecule has 2 unspecified atom stereocenters. The molecule has 0 amide bonds. The Bertz CT molecular complexity index is 340. The maximum absolute atomic E-state index is 5.79. The smallest absolute Gasteiger partial charge is 0.0723 e. The molecule has 1 aromatic carbocycles. The fraction of sp³-hybridized carbons (Fsp3) is 0.500. The third-order valence-electron chi connectivity index (χ3n) is 2.81. The predicted octanol–water partition coefficient (Wildman–Crippen LogP) is 1.88. The van der Waals surface area contributed by atoms with Crippen molar-refractivity contribution in [2.75, 3.05) is 23.8 Å². The van der Waals surface area contributed by atoms with E-state index in [2.05, 4.69) is 24.8 Å². The topological polar surface area (TPSA) is 38.5 Å². The molecule has 0 saturated carbocycles. The van der Waals surface area contributed by atoms with Crippen LogP contribution >= 0.6 is 0 Å². The van der Waals surface area contributed by atoms with Gasteiger partial charge in [0.1, 0.15) is 0 Å². The second-order valence-corrected chi connectivity index (χ2v) is 4.24. The number of rotatable bonds is 1. The van der Waals surface area contributed by atoms with E-state index in [1.165, 1.54) is 5.69 Å². The molecular weight excluding hydrogens is 188 g/mol. The molecule has 2 rings (SSSR count). The third kappa shape index (κ3) is 2.23. The number of nitrogens with zero attached hydrogens (tertiary/aromatic N) is 1. The first-order chi connectivity index (χ1) is 7.16. The van der Waals surface area contributed by atoms with Gasteiger partial charge in [-0.3, -0.25) is 0 Å². The van der Waals surface area contributed by atoms with E-state index in [9.17, 15) is 0 Å². The number of anilines is 2. The highest BCUT2D eigenvalue weighted by molar-refractivity contribution is 5.56. The van der Waals surface area contributed by atoms with E-state index in [0.29, 0.717) is 12.1 Å². The van der Waals surface area contributed by atoms with Gasteiger partial charge in [0.05, 0.1) is 12.7 Å². The van der Waals surface area contributed by atoms with Crippen LogP contribution in [0.3, 0.4) is 0 Å². The number of nitrogens with two attached hydrogens (primary N) is 1. The zero-order chi connectivity index (χ0) is 10.8. The van der Waals surface area contributed by atoms with E-state index in [1.807, 2.05) is 18.2 Å². The van der Waals surface area contributed by atoms with Gasteiger partial charge in [-0.15, -0.1) is 0 Å². The summed E-state index contributed by atoms with van der Waals surface area (Å²) in [6.07, 6.45) is 0.294. The predicted molar refractivity (Wildman–Crippen MR) is 63.1 cm³/mol. The zero-order valence-corrected chi connectivity index (χ0v) is 9.31. The van der Waals surface area contributed by atoms with Gasteiger partial charge in [0.2, 0.25) is 0 Å². The Morgan fingerprint density at radius 2 is 2.20 bits per heavy atom. The molecule has 82 valence electrons. The van der Waals surface area contributed by atoms with Crippen LogP contribution in [0, 0.1) is 0 Å². The molecule has 2 atom stereocenters. The number of benzene rings is 1. The number of hydrogen-bond donors (Lipinski definition) is 1. The maximum Gasteiger partial charge on any atom is 0.0723 e. The van der Waals surface area contributed by atoms with Crippen LogP contribution in [0.4, 0.5) is 11.4 Å². The van der Waals surface area contributed by atoms with E-state index >= 15 is 0 Å². The van der Waals surface area contributed by atoms with Crippen molar-refractivity contribution >= 4 is 11.4 Å². The number of hydrogen-bond acceptors (Lipinski definition) is 3. The van der Waals surface area contributed by atoms with Crippen LogP contribution in [-0.2, 0) is 4.74 Å². The quantitative estimate of drug-likeness (QED) is 0.713. The Kier molecular flexibility index (Phi) is 2.82. The van der Waals surface area contributed by atoms with Crippen LogP contribution in [0.1, 0.15) is 13.8 Å². The van der Waals surface area contributed by atoms with Crippen molar-refractivity contribution < 1.29 is 4.74 Å². The summed E-state index contributed by atoms with van der Waals surface area (Å²) < 4.78 is 5.60. The van der Waals surface area contributed by atoms with E-state index in [-0.39, 0.29) is 0 Å². The van der Waals surface area contributed by atoms with Gasteiger partial charge < -0.3 is 15.4 Å². The van der Waals surface area contributed by atoms with Gasteiger partial charge in [-0.25, -0.2) is 0 Å². The lowest BCUT2D eigenvalue weighted by Crippen LogP contribution is -2.47. The zero-order valence-electron chi connectivity index (χ0n) is 9.31. The Labute approximate surface area is 90.8 Å². The van der Waals surface area contributed by atoms with Gasteiger partial charge in [0, 0.05) is 24.0 Å². The fourth-order valence-corrected chi connectivity index (χ4v) is 1.97. The van der Waals surface area contributed by atoms with Gasteiger partial charge >= 0.3 is 0 Å². The number of nitrogen functional groups attached to an aromatic ring is 1. The van der Waals surface area contributed by atoms with Gasteiger partial charge in [-0.05, 0) is 32.0 Å². The molecule has 1 aliphatic heterocycles. The Balaban J connectivity index is 2.21. The molecule has 2 N–H and O–H groups in total. The van der Waals surface area contributed by atoms with Gasteiger partial charge in [0.25, 0.3) is 0 Å². The molecule has 0 aromatic heterocycles. The molecule has 1 aromatic rings. The van der Waals surface area contributed by atoms with Crippen LogP contribution in [0.2, 0.25) is 0 Å². The molecular formula is C12H18N2O. The van der Waals surface area contributed by atoms with Crippen molar-refractivity contribution in [1.82, 2.24) is 0 Å². The van der Waals surface area contributed by atoms with Crippen molar-refractivity contribution in [2.24, 2.45) is 0 Å². The van der Waals surface area contributed by atoms with Crippen LogP contribution < -0.4 is 10.6 Å². The first kappa shape index (κ1) is 10.3. The lowest BCUT2D eigenvalue weighted by molar-refractivity contribution is 0.0344. The standard InChI is InChI=1S/C12H18N2O/c1-9-8-15-10(2)7-14(9)12-5-3-4-11(13)6-12/h3-6,9-10H,7-8,13H2,1-2H3. The van der Waals surface area contributed by atoms with Gasteiger partial charge in [0.15, 0.2) is 0 Å². The first-order valence-electron chi connectivity index (χ1n) is 5.40. The summed E-state index contributed by atoms with van der Waals surface area (Å²) in [4.78, 5) is 2.35. The third-order valence-corrected chi connectivity index (χ3v) is 2.81. The van der Waals surface area contributed by atoms with E-state index in [0.717, 1.165) is 18.8 Å². The molecule has 15 heavy (non-hydrogen) atoms. The second-order valence-electron chi connectivity index (χ2n) is 4.24. The minimum atomic E-state index is 0.294. The van der Waals surface area contributed by atoms with E-state index in [1.54, 1.807) is 0 Å². The Morgan fingerprint density at radius 1 is 1.40 bits per heavy atom. The largest absolute Gasteiger partial charge is 0.399 e. The maximum atomic E-state index is 5.79. The minimum Gasteiger partial charge on any atom is -0.399 e. The molecule has 0 bridgehead atoms. The summed E-state index contributed by atoms with van der Waals surface area (Å²) in [6, 6.07) is 8.46. The van der Waals surface area contributed by atoms with E-state index < -0.39 is 0 Å². The normalized spacial score (nSPS) is 26.7. The molecule has 1 fully saturated rings. The summed E-state index contributed by atoms with van der Waals surface area (Å²) in [5, 5.41) is 0. The highest BCUT2D eigenvalue weighted by Gasteiger charge is 2.23. The molecule has 3 nitrogen and oxygen atoms in total. The average Bonchev–Trinajstić information content (AvgIpc) is 2.22. The fourth-order valence-electron chi connectivity index (χ4n) is 1.97. The summed E-state index contributed by atoms with van der Waals surface area (Å²) >= 11 is 0. The summed E-state index contributed by atoms with van der Waals surface area (Å²) in [6.45, 7) is 6.00. The molecule has 0 aliphatic carbocycles. The molecule has 1 saturated heterocycles. The molecule has 0 radical (unpaired) electrons. The lowest BCUT2D eigenvalue weighted by atomic mass is 10.1. The van der Waals surface area contributed by atoms with Crippen molar-refractivity contribution in [3.63, 3.8) is 0 Å². The first-order valence-corrected chi connectivity index (χ1v) is 5.40. The number of ether oxygens (including phenoxy) is 1. The van der Waals surface area contributed by atoms with Crippen molar-refractivity contribution in [3.05, 3.63) is 24.3 Å². The van der Waals surface area contributed by atoms with E-state index in [4.69, 9.17) is 10.5 Å². The van der Waals surface area contributed by atoms with Crippen LogP contribution in [0.15, 0.2) is 24.3 Å². The molecule has 1 heterocycles. The molecule has 3 heteroatoms. The highest BCUT2D eigenvalue weighted by atomic mass is 16.5. The average molecular weight is 206 g/mol. The van der Waals surface area contributed by atoms with Gasteiger partial charge in [-0.2, -0.15) is 0 Å². The van der Waals surface area contributed by atoms with Crippen LogP contribution in [0.25, 0.3) is 0 Å². The lowest BCUT2D eigenvalue weighted by Gasteiger charge is -2.38.